The number of carbonyl (C=O) groups excluding carboxylic acids is 1. The lowest BCUT2D eigenvalue weighted by molar-refractivity contribution is 0.0955. The first kappa shape index (κ1) is 23.9. The molecule has 7 heteroatoms. The molecule has 4 rings (SSSR count). The lowest BCUT2D eigenvalue weighted by atomic mass is 10.1. The number of para-hydroxylation sites is 1. The number of fused-ring (bicyclic) bond motifs is 1. The van der Waals surface area contributed by atoms with Crippen molar-refractivity contribution in [3.8, 4) is 5.75 Å². The van der Waals surface area contributed by atoms with Gasteiger partial charge < -0.3 is 9.30 Å². The van der Waals surface area contributed by atoms with Gasteiger partial charge in [-0.15, -0.1) is 0 Å². The maximum absolute atomic E-state index is 12.5. The fourth-order valence-corrected chi connectivity index (χ4v) is 4.26. The molecule has 34 heavy (non-hydrogen) atoms. The van der Waals surface area contributed by atoms with Crippen molar-refractivity contribution in [2.24, 2.45) is 5.10 Å². The van der Waals surface area contributed by atoms with Gasteiger partial charge in [-0.3, -0.25) is 4.79 Å². The number of nitrogens with one attached hydrogen (secondary N) is 1. The Morgan fingerprint density at radius 2 is 1.85 bits per heavy atom. The minimum atomic E-state index is -0.285. The highest BCUT2D eigenvalue weighted by molar-refractivity contribution is 6.35. The van der Waals surface area contributed by atoms with E-state index in [1.807, 2.05) is 44.2 Å². The van der Waals surface area contributed by atoms with Crippen molar-refractivity contribution in [2.75, 3.05) is 6.61 Å². The summed E-state index contributed by atoms with van der Waals surface area (Å²) in [6, 6.07) is 20.6. The van der Waals surface area contributed by atoms with E-state index in [0.29, 0.717) is 28.8 Å². The van der Waals surface area contributed by atoms with E-state index in [2.05, 4.69) is 21.2 Å². The molecule has 1 N–H and O–H groups in total. The zero-order valence-corrected chi connectivity index (χ0v) is 20.5. The molecule has 0 unspecified atom stereocenters. The van der Waals surface area contributed by atoms with Crippen LogP contribution in [0.4, 0.5) is 0 Å². The largest absolute Gasteiger partial charge is 0.494 e. The molecule has 0 fully saturated rings. The number of amides is 1. The van der Waals surface area contributed by atoms with Gasteiger partial charge in [-0.25, -0.2) is 5.43 Å². The molecule has 0 bridgehead atoms. The Labute approximate surface area is 208 Å². The van der Waals surface area contributed by atoms with Crippen LogP contribution in [0.15, 0.2) is 71.8 Å². The number of benzene rings is 3. The highest BCUT2D eigenvalue weighted by Gasteiger charge is 2.14. The number of aromatic nitrogens is 1. The third-order valence-corrected chi connectivity index (χ3v) is 6.16. The third-order valence-electron chi connectivity index (χ3n) is 5.57. The highest BCUT2D eigenvalue weighted by Crippen LogP contribution is 2.28. The van der Waals surface area contributed by atoms with Gasteiger partial charge in [0, 0.05) is 44.3 Å². The monoisotopic (exact) mass is 493 g/mol. The van der Waals surface area contributed by atoms with E-state index >= 15 is 0 Å². The maximum atomic E-state index is 12.5. The van der Waals surface area contributed by atoms with Gasteiger partial charge in [-0.1, -0.05) is 54.4 Å². The molecule has 3 aromatic carbocycles. The van der Waals surface area contributed by atoms with Crippen LogP contribution in [0, 0.1) is 6.92 Å². The lowest BCUT2D eigenvalue weighted by Gasteiger charge is -2.10. The molecule has 5 nitrogen and oxygen atoms in total. The van der Waals surface area contributed by atoms with Crippen molar-refractivity contribution in [1.29, 1.82) is 0 Å². The minimum Gasteiger partial charge on any atom is -0.494 e. The SMILES string of the molecule is CCCOc1ccc(C(=O)N/N=C\c2c(C)n(Cc3ccc(Cl)cc3Cl)c3ccccc23)cc1. The summed E-state index contributed by atoms with van der Waals surface area (Å²) >= 11 is 12.5. The second-order valence-corrected chi connectivity index (χ2v) is 8.75. The summed E-state index contributed by atoms with van der Waals surface area (Å²) in [5, 5.41) is 6.51. The van der Waals surface area contributed by atoms with E-state index in [9.17, 15) is 4.79 Å². The first-order chi connectivity index (χ1) is 16.5. The van der Waals surface area contributed by atoms with Crippen LogP contribution in [0.25, 0.3) is 10.9 Å². The molecule has 4 aromatic rings. The van der Waals surface area contributed by atoms with Crippen molar-refractivity contribution < 1.29 is 9.53 Å². The summed E-state index contributed by atoms with van der Waals surface area (Å²) in [5.41, 5.74) is 7.11. The molecule has 0 spiro atoms. The zero-order valence-electron chi connectivity index (χ0n) is 19.0. The van der Waals surface area contributed by atoms with Crippen LogP contribution in [-0.2, 0) is 6.54 Å². The second-order valence-electron chi connectivity index (χ2n) is 7.91. The van der Waals surface area contributed by atoms with Crippen molar-refractivity contribution in [1.82, 2.24) is 9.99 Å². The first-order valence-corrected chi connectivity index (χ1v) is 11.8. The molecule has 1 aromatic heterocycles. The number of hydrogen-bond donors (Lipinski definition) is 1. The molecule has 1 heterocycles. The molecule has 0 aliphatic carbocycles. The van der Waals surface area contributed by atoms with Gasteiger partial charge in [0.05, 0.1) is 12.8 Å². The molecular weight excluding hydrogens is 469 g/mol. The van der Waals surface area contributed by atoms with Crippen molar-refractivity contribution in [3.63, 3.8) is 0 Å². The van der Waals surface area contributed by atoms with Crippen molar-refractivity contribution in [3.05, 3.63) is 99.2 Å². The van der Waals surface area contributed by atoms with Crippen molar-refractivity contribution in [2.45, 2.75) is 26.8 Å². The smallest absolute Gasteiger partial charge is 0.271 e. The van der Waals surface area contributed by atoms with Crippen LogP contribution in [0.2, 0.25) is 10.0 Å². The first-order valence-electron chi connectivity index (χ1n) is 11.1. The summed E-state index contributed by atoms with van der Waals surface area (Å²) in [5.74, 6) is 0.457. The number of halogens is 2. The number of hydrogen-bond acceptors (Lipinski definition) is 3. The Morgan fingerprint density at radius 3 is 2.59 bits per heavy atom. The minimum absolute atomic E-state index is 0.285. The van der Waals surface area contributed by atoms with Crippen LogP contribution >= 0.6 is 23.2 Å². The Hall–Kier alpha value is -3.28. The van der Waals surface area contributed by atoms with E-state index < -0.39 is 0 Å². The molecule has 0 radical (unpaired) electrons. The molecule has 0 saturated heterocycles. The normalized spacial score (nSPS) is 11.3. The number of carbonyl (C=O) groups is 1. The second kappa shape index (κ2) is 10.8. The van der Waals surface area contributed by atoms with Crippen LogP contribution in [0.1, 0.15) is 40.5 Å². The predicted octanol–water partition coefficient (Wildman–Crippen LogP) is 6.86. The molecule has 0 aliphatic rings. The molecule has 174 valence electrons. The van der Waals surface area contributed by atoms with Crippen LogP contribution in [0.5, 0.6) is 5.75 Å². The summed E-state index contributed by atoms with van der Waals surface area (Å²) in [4.78, 5) is 12.5. The van der Waals surface area contributed by atoms with E-state index in [-0.39, 0.29) is 5.91 Å². The topological polar surface area (TPSA) is 55.6 Å². The van der Waals surface area contributed by atoms with Gasteiger partial charge in [0.15, 0.2) is 0 Å². The standard InChI is InChI=1S/C27H25Cl2N3O2/c1-3-14-34-22-12-9-19(10-13-22)27(33)31-30-16-24-18(2)32(26-7-5-4-6-23(24)26)17-20-8-11-21(28)15-25(20)29/h4-13,15-16H,3,14,17H2,1-2H3,(H,31,33)/b30-16-. The Balaban J connectivity index is 1.55. The van der Waals surface area contributed by atoms with E-state index in [1.165, 1.54) is 0 Å². The van der Waals surface area contributed by atoms with Gasteiger partial charge in [0.2, 0.25) is 0 Å². The Kier molecular flexibility index (Phi) is 7.56. The third kappa shape index (κ3) is 5.27. The molecule has 1 amide bonds. The quantitative estimate of drug-likeness (QED) is 0.215. The van der Waals surface area contributed by atoms with Crippen LogP contribution in [-0.4, -0.2) is 23.3 Å². The maximum Gasteiger partial charge on any atom is 0.271 e. The van der Waals surface area contributed by atoms with E-state index in [4.69, 9.17) is 27.9 Å². The fourth-order valence-electron chi connectivity index (χ4n) is 3.79. The summed E-state index contributed by atoms with van der Waals surface area (Å²) < 4.78 is 7.75. The number of rotatable bonds is 8. The van der Waals surface area contributed by atoms with Gasteiger partial charge in [0.1, 0.15) is 5.75 Å². The van der Waals surface area contributed by atoms with Crippen LogP contribution < -0.4 is 10.2 Å². The Bertz CT molecular complexity index is 1340. The van der Waals surface area contributed by atoms with E-state index in [1.54, 1.807) is 36.5 Å². The fraction of sp³-hybridized carbons (Fsp3) is 0.185. The Morgan fingerprint density at radius 1 is 1.09 bits per heavy atom. The molecule has 0 saturated carbocycles. The summed E-state index contributed by atoms with van der Waals surface area (Å²) in [6.07, 6.45) is 2.62. The van der Waals surface area contributed by atoms with Gasteiger partial charge in [-0.05, 0) is 61.4 Å². The number of ether oxygens (including phenoxy) is 1. The average molecular weight is 494 g/mol. The van der Waals surface area contributed by atoms with Crippen LogP contribution in [0.3, 0.4) is 0 Å². The van der Waals surface area contributed by atoms with Gasteiger partial charge >= 0.3 is 0 Å². The summed E-state index contributed by atoms with van der Waals surface area (Å²) in [7, 11) is 0. The highest BCUT2D eigenvalue weighted by atomic mass is 35.5. The average Bonchev–Trinajstić information content (AvgIpc) is 3.10. The summed E-state index contributed by atoms with van der Waals surface area (Å²) in [6.45, 7) is 5.32. The van der Waals surface area contributed by atoms with Gasteiger partial charge in [0.25, 0.3) is 5.91 Å². The lowest BCUT2D eigenvalue weighted by Crippen LogP contribution is -2.17. The molecule has 0 aliphatic heterocycles. The van der Waals surface area contributed by atoms with Gasteiger partial charge in [-0.2, -0.15) is 5.10 Å². The van der Waals surface area contributed by atoms with E-state index in [0.717, 1.165) is 39.9 Å². The predicted molar refractivity (Wildman–Crippen MR) is 140 cm³/mol. The molecule has 0 atom stereocenters. The number of nitrogens with zero attached hydrogens (tertiary/aromatic N) is 2. The van der Waals surface area contributed by atoms with Crippen molar-refractivity contribution >= 4 is 46.2 Å². The molecular formula is C27H25Cl2N3O2. The zero-order chi connectivity index (χ0) is 24.1. The number of hydrazone groups is 1.